The van der Waals surface area contributed by atoms with Crippen LogP contribution in [0.2, 0.25) is 0 Å². The lowest BCUT2D eigenvalue weighted by Crippen LogP contribution is -2.39. The molecule has 0 aliphatic rings. The Balaban J connectivity index is 0.00000480. The first-order valence-electron chi connectivity index (χ1n) is 9.66. The molecule has 2 aromatic rings. The number of aliphatic imine (C=N–C) groups is 1. The molecule has 0 saturated carbocycles. The van der Waals surface area contributed by atoms with Gasteiger partial charge in [0.25, 0.3) is 0 Å². The Labute approximate surface area is 199 Å². The number of rotatable bonds is 10. The van der Waals surface area contributed by atoms with Gasteiger partial charge in [0.05, 0.1) is 14.2 Å². The molecule has 0 radical (unpaired) electrons. The van der Waals surface area contributed by atoms with Crippen LogP contribution in [-0.2, 0) is 12.8 Å². The molecule has 0 atom stereocenters. The van der Waals surface area contributed by atoms with Crippen LogP contribution in [0.5, 0.6) is 17.2 Å². The van der Waals surface area contributed by atoms with E-state index in [9.17, 15) is 8.78 Å². The third-order valence-electron chi connectivity index (χ3n) is 4.50. The second-order valence-electron chi connectivity index (χ2n) is 6.60. The molecule has 0 aromatic heterocycles. The molecule has 2 N–H and O–H groups in total. The van der Waals surface area contributed by atoms with Crippen molar-refractivity contribution in [3.63, 3.8) is 0 Å². The predicted octanol–water partition coefficient (Wildman–Crippen LogP) is 4.18. The molecule has 172 valence electrons. The van der Waals surface area contributed by atoms with E-state index in [4.69, 9.17) is 9.47 Å². The topological polar surface area (TPSA) is 64.1 Å². The first kappa shape index (κ1) is 26.7. The Morgan fingerprint density at radius 2 is 1.58 bits per heavy atom. The lowest BCUT2D eigenvalue weighted by molar-refractivity contribution is -0.0512. The fraction of sp³-hybridized carbons (Fsp3) is 0.409. The Bertz CT molecular complexity index is 851. The summed E-state index contributed by atoms with van der Waals surface area (Å²) in [5, 5.41) is 6.49. The molecular weight excluding hydrogens is 519 g/mol. The van der Waals surface area contributed by atoms with Crippen LogP contribution in [-0.4, -0.2) is 46.9 Å². The minimum Gasteiger partial charge on any atom is -0.496 e. The number of aryl methyl sites for hydroxylation is 1. The molecule has 0 aliphatic carbocycles. The zero-order valence-corrected chi connectivity index (χ0v) is 20.5. The summed E-state index contributed by atoms with van der Waals surface area (Å²) in [5.41, 5.74) is 3.16. The second kappa shape index (κ2) is 13.9. The van der Waals surface area contributed by atoms with E-state index in [2.05, 4.69) is 26.4 Å². The van der Waals surface area contributed by atoms with E-state index in [-0.39, 0.29) is 35.5 Å². The molecule has 0 amide bonds. The van der Waals surface area contributed by atoms with E-state index in [1.807, 2.05) is 25.1 Å². The van der Waals surface area contributed by atoms with Gasteiger partial charge in [-0.3, -0.25) is 4.99 Å². The highest BCUT2D eigenvalue weighted by atomic mass is 127. The van der Waals surface area contributed by atoms with Gasteiger partial charge in [0, 0.05) is 20.1 Å². The van der Waals surface area contributed by atoms with E-state index in [1.54, 1.807) is 26.3 Å². The van der Waals surface area contributed by atoms with Crippen molar-refractivity contribution >= 4 is 29.9 Å². The van der Waals surface area contributed by atoms with Gasteiger partial charge in [-0.2, -0.15) is 8.78 Å². The van der Waals surface area contributed by atoms with Crippen LogP contribution in [0.1, 0.15) is 16.7 Å². The largest absolute Gasteiger partial charge is 0.496 e. The van der Waals surface area contributed by atoms with Crippen molar-refractivity contribution in [2.75, 3.05) is 34.4 Å². The Kier molecular flexibility index (Phi) is 12.0. The van der Waals surface area contributed by atoms with Crippen LogP contribution in [0.3, 0.4) is 0 Å². The van der Waals surface area contributed by atoms with E-state index < -0.39 is 6.61 Å². The zero-order valence-electron chi connectivity index (χ0n) is 18.2. The third kappa shape index (κ3) is 8.76. The Hall–Kier alpha value is -2.30. The van der Waals surface area contributed by atoms with Crippen molar-refractivity contribution in [2.24, 2.45) is 4.99 Å². The number of hydrogen-bond acceptors (Lipinski definition) is 4. The number of guanidine groups is 1. The molecule has 0 bridgehead atoms. The molecule has 9 heteroatoms. The first-order valence-corrected chi connectivity index (χ1v) is 9.66. The molecule has 2 aromatic carbocycles. The van der Waals surface area contributed by atoms with Crippen molar-refractivity contribution < 1.29 is 23.0 Å². The number of methoxy groups -OCH3 is 2. The van der Waals surface area contributed by atoms with Crippen LogP contribution >= 0.6 is 24.0 Å². The standard InChI is InChI=1S/C22H29F2N3O3.HI/c1-15-5-7-18(28-3)17(13-15)10-12-27-22(25-2)26-11-9-16-6-8-19(29-4)20(14-16)30-21(23)24;/h5-8,13-14,21H,9-12H2,1-4H3,(H2,25,26,27);1H. The summed E-state index contributed by atoms with van der Waals surface area (Å²) in [6.07, 6.45) is 1.40. The maximum atomic E-state index is 12.6. The summed E-state index contributed by atoms with van der Waals surface area (Å²) < 4.78 is 40.1. The molecule has 0 unspecified atom stereocenters. The number of nitrogens with one attached hydrogen (secondary N) is 2. The number of ether oxygens (including phenoxy) is 3. The average molecular weight is 549 g/mol. The maximum absolute atomic E-state index is 12.6. The summed E-state index contributed by atoms with van der Waals surface area (Å²) >= 11 is 0. The lowest BCUT2D eigenvalue weighted by Gasteiger charge is -2.14. The van der Waals surface area contributed by atoms with Gasteiger partial charge in [0.15, 0.2) is 17.5 Å². The van der Waals surface area contributed by atoms with Gasteiger partial charge in [0.1, 0.15) is 5.75 Å². The number of alkyl halides is 2. The Morgan fingerprint density at radius 3 is 2.19 bits per heavy atom. The summed E-state index contributed by atoms with van der Waals surface area (Å²) in [7, 11) is 4.78. The summed E-state index contributed by atoms with van der Waals surface area (Å²) in [6.45, 7) is 0.415. The minimum atomic E-state index is -2.90. The molecule has 2 rings (SSSR count). The lowest BCUT2D eigenvalue weighted by atomic mass is 10.1. The molecule has 0 fully saturated rings. The van der Waals surface area contributed by atoms with Crippen molar-refractivity contribution in [1.29, 1.82) is 0 Å². The van der Waals surface area contributed by atoms with Gasteiger partial charge in [-0.05, 0) is 49.1 Å². The van der Waals surface area contributed by atoms with Crippen LogP contribution in [0.4, 0.5) is 8.78 Å². The molecule has 0 aliphatic heterocycles. The zero-order chi connectivity index (χ0) is 21.9. The van der Waals surface area contributed by atoms with E-state index in [0.29, 0.717) is 25.5 Å². The van der Waals surface area contributed by atoms with Crippen molar-refractivity contribution in [3.8, 4) is 17.2 Å². The summed E-state index contributed by atoms with van der Waals surface area (Å²) in [4.78, 5) is 4.21. The molecule has 0 heterocycles. The van der Waals surface area contributed by atoms with Crippen LogP contribution in [0.25, 0.3) is 0 Å². The average Bonchev–Trinajstić information content (AvgIpc) is 2.72. The number of hydrogen-bond donors (Lipinski definition) is 2. The molecular formula is C22H30F2IN3O3. The van der Waals surface area contributed by atoms with Gasteiger partial charge in [0.2, 0.25) is 0 Å². The number of benzene rings is 2. The first-order chi connectivity index (χ1) is 14.5. The smallest absolute Gasteiger partial charge is 0.387 e. The highest BCUT2D eigenvalue weighted by Crippen LogP contribution is 2.29. The fourth-order valence-electron chi connectivity index (χ4n) is 3.03. The summed E-state index contributed by atoms with van der Waals surface area (Å²) in [5.74, 6) is 1.83. The van der Waals surface area contributed by atoms with Crippen LogP contribution in [0.15, 0.2) is 41.4 Å². The van der Waals surface area contributed by atoms with Gasteiger partial charge < -0.3 is 24.8 Å². The SMILES string of the molecule is CN=C(NCCc1ccc(OC)c(OC(F)F)c1)NCCc1cc(C)ccc1OC.I. The van der Waals surface area contributed by atoms with Gasteiger partial charge in [-0.15, -0.1) is 24.0 Å². The van der Waals surface area contributed by atoms with Crippen molar-refractivity contribution in [1.82, 2.24) is 10.6 Å². The van der Waals surface area contributed by atoms with E-state index in [0.717, 1.165) is 23.3 Å². The van der Waals surface area contributed by atoms with Crippen molar-refractivity contribution in [2.45, 2.75) is 26.4 Å². The van der Waals surface area contributed by atoms with Crippen LogP contribution < -0.4 is 24.8 Å². The fourth-order valence-corrected chi connectivity index (χ4v) is 3.03. The quantitative estimate of drug-likeness (QED) is 0.265. The van der Waals surface area contributed by atoms with E-state index in [1.165, 1.54) is 12.7 Å². The number of nitrogens with zero attached hydrogens (tertiary/aromatic N) is 1. The molecule has 31 heavy (non-hydrogen) atoms. The monoisotopic (exact) mass is 549 g/mol. The van der Waals surface area contributed by atoms with Gasteiger partial charge >= 0.3 is 6.61 Å². The van der Waals surface area contributed by atoms with Gasteiger partial charge in [-0.1, -0.05) is 23.8 Å². The summed E-state index contributed by atoms with van der Waals surface area (Å²) in [6, 6.07) is 11.1. The van der Waals surface area contributed by atoms with Crippen LogP contribution in [0, 0.1) is 6.92 Å². The molecule has 6 nitrogen and oxygen atoms in total. The van der Waals surface area contributed by atoms with E-state index >= 15 is 0 Å². The minimum absolute atomic E-state index is 0. The second-order valence-corrected chi connectivity index (χ2v) is 6.60. The van der Waals surface area contributed by atoms with Gasteiger partial charge in [-0.25, -0.2) is 0 Å². The number of halogens is 3. The Morgan fingerprint density at radius 1 is 0.935 bits per heavy atom. The highest BCUT2D eigenvalue weighted by molar-refractivity contribution is 14.0. The normalized spacial score (nSPS) is 11.0. The maximum Gasteiger partial charge on any atom is 0.387 e. The third-order valence-corrected chi connectivity index (χ3v) is 4.50. The molecule has 0 spiro atoms. The molecule has 0 saturated heterocycles. The predicted molar refractivity (Wildman–Crippen MR) is 130 cm³/mol. The highest BCUT2D eigenvalue weighted by Gasteiger charge is 2.11. The van der Waals surface area contributed by atoms with Crippen molar-refractivity contribution in [3.05, 3.63) is 53.1 Å².